The summed E-state index contributed by atoms with van der Waals surface area (Å²) in [4.78, 5) is 4.44. The summed E-state index contributed by atoms with van der Waals surface area (Å²) in [5.74, 6) is 5.44. The van der Waals surface area contributed by atoms with Crippen molar-refractivity contribution in [1.29, 1.82) is 0 Å². The summed E-state index contributed by atoms with van der Waals surface area (Å²) in [7, 11) is 0. The van der Waals surface area contributed by atoms with Crippen LogP contribution >= 0.6 is 27.5 Å². The molecule has 0 aliphatic heterocycles. The maximum Gasteiger partial charge on any atom is 0.148 e. The van der Waals surface area contributed by atoms with Crippen molar-refractivity contribution >= 4 is 27.5 Å². The Morgan fingerprint density at radius 1 is 1.50 bits per heavy atom. The average molecular weight is 222 g/mol. The Balaban J connectivity index is 3.04. The van der Waals surface area contributed by atoms with E-state index in [0.717, 1.165) is 4.47 Å². The van der Waals surface area contributed by atoms with Crippen LogP contribution in [0.2, 0.25) is 5.02 Å². The summed E-state index contributed by atoms with van der Waals surface area (Å²) in [5.41, 5.74) is 0. The quantitative estimate of drug-likeness (QED) is 0.740. The fraction of sp³-hybridized carbons (Fsp3) is 0. The Bertz CT molecular complexity index is 241. The summed E-state index contributed by atoms with van der Waals surface area (Å²) < 4.78 is 0.829. The first-order valence-electron chi connectivity index (χ1n) is 2.56. The monoisotopic (exact) mass is 221 g/mol. The molecule has 0 unspecified atom stereocenters. The SMILES string of the molecule is NOc1ccc(Br)c(Cl)c1. The molecular weight excluding hydrogens is 217 g/mol. The van der Waals surface area contributed by atoms with Crippen molar-refractivity contribution in [2.75, 3.05) is 0 Å². The van der Waals surface area contributed by atoms with Crippen LogP contribution < -0.4 is 10.7 Å². The molecule has 0 heterocycles. The summed E-state index contributed by atoms with van der Waals surface area (Å²) in [6, 6.07) is 5.12. The minimum atomic E-state index is 0.549. The Morgan fingerprint density at radius 3 is 2.70 bits per heavy atom. The first-order chi connectivity index (χ1) is 4.74. The second-order valence-corrected chi connectivity index (χ2v) is 2.96. The molecule has 0 aliphatic rings. The topological polar surface area (TPSA) is 35.2 Å². The van der Waals surface area contributed by atoms with Crippen molar-refractivity contribution in [3.05, 3.63) is 27.7 Å². The van der Waals surface area contributed by atoms with Crippen molar-refractivity contribution in [2.24, 2.45) is 5.90 Å². The van der Waals surface area contributed by atoms with Crippen molar-refractivity contribution in [3.8, 4) is 5.75 Å². The van der Waals surface area contributed by atoms with Gasteiger partial charge in [-0.25, -0.2) is 0 Å². The van der Waals surface area contributed by atoms with Gasteiger partial charge in [-0.1, -0.05) is 11.6 Å². The molecule has 0 bridgehead atoms. The first-order valence-corrected chi connectivity index (χ1v) is 3.73. The van der Waals surface area contributed by atoms with E-state index in [1.165, 1.54) is 0 Å². The first kappa shape index (κ1) is 7.85. The molecular formula is C6H5BrClNO. The molecule has 1 rings (SSSR count). The lowest BCUT2D eigenvalue weighted by Crippen LogP contribution is -2.01. The summed E-state index contributed by atoms with van der Waals surface area (Å²) in [6.07, 6.45) is 0. The van der Waals surface area contributed by atoms with E-state index in [0.29, 0.717) is 10.8 Å². The van der Waals surface area contributed by atoms with E-state index >= 15 is 0 Å². The molecule has 0 saturated heterocycles. The fourth-order valence-electron chi connectivity index (χ4n) is 0.550. The normalized spacial score (nSPS) is 9.50. The third-order valence-electron chi connectivity index (χ3n) is 1.03. The van der Waals surface area contributed by atoms with Gasteiger partial charge in [-0.3, -0.25) is 0 Å². The highest BCUT2D eigenvalue weighted by Gasteiger charge is 1.97. The van der Waals surface area contributed by atoms with Crippen LogP contribution in [0.15, 0.2) is 22.7 Å². The zero-order chi connectivity index (χ0) is 7.56. The van der Waals surface area contributed by atoms with Gasteiger partial charge in [0.15, 0.2) is 0 Å². The van der Waals surface area contributed by atoms with Gasteiger partial charge in [0.1, 0.15) is 5.75 Å². The molecule has 2 N–H and O–H groups in total. The highest BCUT2D eigenvalue weighted by molar-refractivity contribution is 9.10. The van der Waals surface area contributed by atoms with E-state index in [2.05, 4.69) is 20.8 Å². The molecule has 54 valence electrons. The molecule has 0 amide bonds. The maximum atomic E-state index is 5.71. The van der Waals surface area contributed by atoms with Crippen LogP contribution in [0.1, 0.15) is 0 Å². The van der Waals surface area contributed by atoms with Gasteiger partial charge in [0.05, 0.1) is 5.02 Å². The van der Waals surface area contributed by atoms with Crippen molar-refractivity contribution in [2.45, 2.75) is 0 Å². The number of hydrogen-bond donors (Lipinski definition) is 1. The van der Waals surface area contributed by atoms with E-state index in [-0.39, 0.29) is 0 Å². The maximum absolute atomic E-state index is 5.71. The van der Waals surface area contributed by atoms with Crippen molar-refractivity contribution in [1.82, 2.24) is 0 Å². The van der Waals surface area contributed by atoms with Gasteiger partial charge in [-0.2, -0.15) is 5.90 Å². The molecule has 0 atom stereocenters. The predicted octanol–water partition coefficient (Wildman–Crippen LogP) is 2.36. The van der Waals surface area contributed by atoms with E-state index < -0.39 is 0 Å². The molecule has 0 fully saturated rings. The molecule has 4 heteroatoms. The summed E-state index contributed by atoms with van der Waals surface area (Å²) >= 11 is 8.94. The van der Waals surface area contributed by atoms with E-state index in [9.17, 15) is 0 Å². The highest BCUT2D eigenvalue weighted by Crippen LogP contribution is 2.25. The minimum absolute atomic E-state index is 0.549. The number of benzene rings is 1. The Labute approximate surface area is 72.0 Å². The highest BCUT2D eigenvalue weighted by atomic mass is 79.9. The number of hydrogen-bond acceptors (Lipinski definition) is 2. The standard InChI is InChI=1S/C6H5BrClNO/c7-5-2-1-4(10-9)3-6(5)8/h1-3H,9H2. The molecule has 0 radical (unpaired) electrons. The molecule has 2 nitrogen and oxygen atoms in total. The zero-order valence-electron chi connectivity index (χ0n) is 4.97. The summed E-state index contributed by atoms with van der Waals surface area (Å²) in [5, 5.41) is 0.586. The third-order valence-corrected chi connectivity index (χ3v) is 2.26. The minimum Gasteiger partial charge on any atom is -0.411 e. The van der Waals surface area contributed by atoms with Gasteiger partial charge in [-0.15, -0.1) is 0 Å². The zero-order valence-corrected chi connectivity index (χ0v) is 7.32. The molecule has 1 aromatic carbocycles. The van der Waals surface area contributed by atoms with Gasteiger partial charge >= 0.3 is 0 Å². The largest absolute Gasteiger partial charge is 0.411 e. The van der Waals surface area contributed by atoms with E-state index in [4.69, 9.17) is 17.5 Å². The fourth-order valence-corrected chi connectivity index (χ4v) is 0.967. The van der Waals surface area contributed by atoms with Crippen LogP contribution in [0.25, 0.3) is 0 Å². The molecule has 1 aromatic rings. The van der Waals surface area contributed by atoms with Gasteiger partial charge in [0, 0.05) is 10.5 Å². The van der Waals surface area contributed by atoms with Gasteiger partial charge < -0.3 is 4.84 Å². The third kappa shape index (κ3) is 1.62. The molecule has 0 spiro atoms. The van der Waals surface area contributed by atoms with Gasteiger partial charge in [0.25, 0.3) is 0 Å². The van der Waals surface area contributed by atoms with E-state index in [1.54, 1.807) is 18.2 Å². The lowest BCUT2D eigenvalue weighted by Gasteiger charge is -1.98. The van der Waals surface area contributed by atoms with Crippen molar-refractivity contribution < 1.29 is 4.84 Å². The van der Waals surface area contributed by atoms with Crippen LogP contribution in [0, 0.1) is 0 Å². The Morgan fingerprint density at radius 2 is 2.20 bits per heavy atom. The molecule has 10 heavy (non-hydrogen) atoms. The van der Waals surface area contributed by atoms with Crippen LogP contribution in [0.4, 0.5) is 0 Å². The lowest BCUT2D eigenvalue weighted by molar-refractivity contribution is 0.334. The second-order valence-electron chi connectivity index (χ2n) is 1.69. The molecule has 0 aliphatic carbocycles. The smallest absolute Gasteiger partial charge is 0.148 e. The van der Waals surface area contributed by atoms with Crippen LogP contribution in [-0.4, -0.2) is 0 Å². The van der Waals surface area contributed by atoms with E-state index in [1.807, 2.05) is 0 Å². The lowest BCUT2D eigenvalue weighted by atomic mass is 10.3. The Kier molecular flexibility index (Phi) is 2.54. The summed E-state index contributed by atoms with van der Waals surface area (Å²) in [6.45, 7) is 0. The predicted molar refractivity (Wildman–Crippen MR) is 44.0 cm³/mol. The second kappa shape index (κ2) is 3.23. The van der Waals surface area contributed by atoms with Crippen molar-refractivity contribution in [3.63, 3.8) is 0 Å². The molecule has 0 saturated carbocycles. The Hall–Kier alpha value is -0.250. The number of halogens is 2. The van der Waals surface area contributed by atoms with Crippen LogP contribution in [0.3, 0.4) is 0 Å². The number of nitrogens with two attached hydrogens (primary N) is 1. The van der Waals surface area contributed by atoms with Crippen LogP contribution in [-0.2, 0) is 0 Å². The van der Waals surface area contributed by atoms with Gasteiger partial charge in [0.2, 0.25) is 0 Å². The van der Waals surface area contributed by atoms with Gasteiger partial charge in [-0.05, 0) is 28.1 Å². The van der Waals surface area contributed by atoms with Crippen LogP contribution in [0.5, 0.6) is 5.75 Å². The number of rotatable bonds is 1. The average Bonchev–Trinajstić information content (AvgIpc) is 1.95. The molecule has 0 aromatic heterocycles.